The van der Waals surface area contributed by atoms with Gasteiger partial charge in [-0.3, -0.25) is 4.98 Å². The van der Waals surface area contributed by atoms with Crippen LogP contribution in [0, 0.1) is 5.92 Å². The average Bonchev–Trinajstić information content (AvgIpc) is 2.61. The molecular formula is C19H22N2O. The molecule has 0 aliphatic carbocycles. The zero-order valence-electron chi connectivity index (χ0n) is 13.0. The SMILES string of the molecule is CCc1ccc2c(c1)[C@H]1OCCC[C@H]1[C@H](c1ccncc1)N2. The van der Waals surface area contributed by atoms with Crippen LogP contribution in [0.25, 0.3) is 0 Å². The fourth-order valence-corrected chi connectivity index (χ4v) is 3.84. The highest BCUT2D eigenvalue weighted by Gasteiger charge is 2.39. The highest BCUT2D eigenvalue weighted by molar-refractivity contribution is 5.58. The van der Waals surface area contributed by atoms with Gasteiger partial charge in [0.15, 0.2) is 0 Å². The van der Waals surface area contributed by atoms with E-state index in [0.717, 1.165) is 19.4 Å². The van der Waals surface area contributed by atoms with E-state index < -0.39 is 0 Å². The second-order valence-electron chi connectivity index (χ2n) is 6.28. The Morgan fingerprint density at radius 3 is 2.91 bits per heavy atom. The van der Waals surface area contributed by atoms with Crippen LogP contribution in [0.3, 0.4) is 0 Å². The van der Waals surface area contributed by atoms with Gasteiger partial charge >= 0.3 is 0 Å². The zero-order valence-corrected chi connectivity index (χ0v) is 13.0. The number of hydrogen-bond acceptors (Lipinski definition) is 3. The zero-order chi connectivity index (χ0) is 14.9. The van der Waals surface area contributed by atoms with Crippen molar-refractivity contribution in [1.29, 1.82) is 0 Å². The molecule has 3 heterocycles. The number of fused-ring (bicyclic) bond motifs is 3. The fraction of sp³-hybridized carbons (Fsp3) is 0.421. The summed E-state index contributed by atoms with van der Waals surface area (Å²) in [4.78, 5) is 4.15. The molecule has 0 spiro atoms. The van der Waals surface area contributed by atoms with Gasteiger partial charge in [-0.25, -0.2) is 0 Å². The van der Waals surface area contributed by atoms with Gasteiger partial charge in [0.05, 0.1) is 12.1 Å². The standard InChI is InChI=1S/C19H22N2O/c1-2-13-5-6-17-16(12-13)19-15(4-3-11-22-19)18(21-17)14-7-9-20-10-8-14/h5-10,12,15,18-19,21H,2-4,11H2,1H3/t15-,18-,19-/m0/s1. The summed E-state index contributed by atoms with van der Waals surface area (Å²) in [6.07, 6.45) is 7.40. The van der Waals surface area contributed by atoms with Gasteiger partial charge in [-0.05, 0) is 48.6 Å². The molecule has 22 heavy (non-hydrogen) atoms. The molecule has 1 N–H and O–H groups in total. The Hall–Kier alpha value is -1.87. The number of aryl methyl sites for hydroxylation is 1. The first-order valence-electron chi connectivity index (χ1n) is 8.27. The van der Waals surface area contributed by atoms with Gasteiger partial charge in [-0.2, -0.15) is 0 Å². The number of rotatable bonds is 2. The van der Waals surface area contributed by atoms with Crippen molar-refractivity contribution in [3.8, 4) is 0 Å². The number of benzene rings is 1. The molecule has 1 aromatic carbocycles. The van der Waals surface area contributed by atoms with Gasteiger partial charge in [0.1, 0.15) is 0 Å². The molecule has 2 aliphatic rings. The van der Waals surface area contributed by atoms with Crippen LogP contribution in [0.4, 0.5) is 5.69 Å². The molecule has 2 aliphatic heterocycles. The first-order chi connectivity index (χ1) is 10.9. The van der Waals surface area contributed by atoms with Crippen LogP contribution < -0.4 is 5.32 Å². The van der Waals surface area contributed by atoms with Crippen LogP contribution in [0.1, 0.15) is 48.6 Å². The van der Waals surface area contributed by atoms with Crippen LogP contribution in [-0.2, 0) is 11.2 Å². The number of aromatic nitrogens is 1. The maximum Gasteiger partial charge on any atom is 0.0895 e. The Balaban J connectivity index is 1.77. The number of hydrogen-bond donors (Lipinski definition) is 1. The maximum absolute atomic E-state index is 6.20. The Morgan fingerprint density at radius 2 is 2.09 bits per heavy atom. The van der Waals surface area contributed by atoms with E-state index in [9.17, 15) is 0 Å². The molecule has 0 saturated carbocycles. The van der Waals surface area contributed by atoms with Crippen molar-refractivity contribution in [3.05, 3.63) is 59.4 Å². The number of pyridine rings is 1. The summed E-state index contributed by atoms with van der Waals surface area (Å²) in [6.45, 7) is 3.08. The summed E-state index contributed by atoms with van der Waals surface area (Å²) in [5.41, 5.74) is 5.26. The molecule has 1 fully saturated rings. The molecule has 0 amide bonds. The van der Waals surface area contributed by atoms with Crippen LogP contribution >= 0.6 is 0 Å². The lowest BCUT2D eigenvalue weighted by atomic mass is 9.77. The highest BCUT2D eigenvalue weighted by atomic mass is 16.5. The topological polar surface area (TPSA) is 34.1 Å². The van der Waals surface area contributed by atoms with Gasteiger partial charge in [-0.1, -0.05) is 19.1 Å². The van der Waals surface area contributed by atoms with E-state index in [1.165, 1.54) is 28.8 Å². The van der Waals surface area contributed by atoms with Crippen LogP contribution in [0.5, 0.6) is 0 Å². The van der Waals surface area contributed by atoms with Crippen LogP contribution in [0.2, 0.25) is 0 Å². The predicted octanol–water partition coefficient (Wildman–Crippen LogP) is 4.28. The van der Waals surface area contributed by atoms with Crippen molar-refractivity contribution >= 4 is 5.69 Å². The number of ether oxygens (including phenoxy) is 1. The largest absolute Gasteiger partial charge is 0.378 e. The lowest BCUT2D eigenvalue weighted by molar-refractivity contribution is -0.0381. The normalized spacial score (nSPS) is 26.7. The van der Waals surface area contributed by atoms with Crippen molar-refractivity contribution in [2.24, 2.45) is 5.92 Å². The van der Waals surface area contributed by atoms with Gasteiger partial charge < -0.3 is 10.1 Å². The Labute approximate surface area is 131 Å². The quantitative estimate of drug-likeness (QED) is 0.897. The third kappa shape index (κ3) is 2.30. The van der Waals surface area contributed by atoms with Gasteiger partial charge in [0.2, 0.25) is 0 Å². The van der Waals surface area contributed by atoms with Crippen molar-refractivity contribution in [3.63, 3.8) is 0 Å². The van der Waals surface area contributed by atoms with Crippen molar-refractivity contribution < 1.29 is 4.74 Å². The lowest BCUT2D eigenvalue weighted by Gasteiger charge is -2.43. The summed E-state index contributed by atoms with van der Waals surface area (Å²) in [6, 6.07) is 11.3. The van der Waals surface area contributed by atoms with Gasteiger partial charge in [0, 0.05) is 36.2 Å². The molecule has 0 radical (unpaired) electrons. The molecule has 1 aromatic heterocycles. The molecule has 3 nitrogen and oxygen atoms in total. The highest BCUT2D eigenvalue weighted by Crippen LogP contribution is 2.49. The van der Waals surface area contributed by atoms with E-state index in [-0.39, 0.29) is 6.10 Å². The van der Waals surface area contributed by atoms with E-state index in [4.69, 9.17) is 4.74 Å². The fourth-order valence-electron chi connectivity index (χ4n) is 3.84. The summed E-state index contributed by atoms with van der Waals surface area (Å²) in [5.74, 6) is 0.496. The minimum Gasteiger partial charge on any atom is -0.378 e. The first kappa shape index (κ1) is 13.8. The smallest absolute Gasteiger partial charge is 0.0895 e. The summed E-state index contributed by atoms with van der Waals surface area (Å²) in [5, 5.41) is 3.76. The van der Waals surface area contributed by atoms with Crippen molar-refractivity contribution in [2.75, 3.05) is 11.9 Å². The molecule has 114 valence electrons. The molecule has 2 aromatic rings. The van der Waals surface area contributed by atoms with E-state index in [2.05, 4.69) is 47.6 Å². The van der Waals surface area contributed by atoms with Gasteiger partial charge in [0.25, 0.3) is 0 Å². The van der Waals surface area contributed by atoms with Gasteiger partial charge in [-0.15, -0.1) is 0 Å². The third-order valence-electron chi connectivity index (χ3n) is 5.00. The average molecular weight is 294 g/mol. The van der Waals surface area contributed by atoms with Crippen molar-refractivity contribution in [2.45, 2.75) is 38.3 Å². The Bertz CT molecular complexity index is 656. The van der Waals surface area contributed by atoms with Crippen LogP contribution in [-0.4, -0.2) is 11.6 Å². The molecule has 1 saturated heterocycles. The second kappa shape index (κ2) is 5.73. The molecular weight excluding hydrogens is 272 g/mol. The second-order valence-corrected chi connectivity index (χ2v) is 6.28. The molecule has 4 rings (SSSR count). The number of nitrogens with one attached hydrogen (secondary N) is 1. The van der Waals surface area contributed by atoms with E-state index >= 15 is 0 Å². The van der Waals surface area contributed by atoms with E-state index in [0.29, 0.717) is 12.0 Å². The predicted molar refractivity (Wildman–Crippen MR) is 87.8 cm³/mol. The summed E-state index contributed by atoms with van der Waals surface area (Å²) < 4.78 is 6.20. The molecule has 0 unspecified atom stereocenters. The summed E-state index contributed by atoms with van der Waals surface area (Å²) >= 11 is 0. The maximum atomic E-state index is 6.20. The third-order valence-corrected chi connectivity index (χ3v) is 5.00. The number of anilines is 1. The van der Waals surface area contributed by atoms with E-state index in [1.54, 1.807) is 0 Å². The van der Waals surface area contributed by atoms with Crippen LogP contribution in [0.15, 0.2) is 42.7 Å². The van der Waals surface area contributed by atoms with Crippen molar-refractivity contribution in [1.82, 2.24) is 4.98 Å². The molecule has 0 bridgehead atoms. The Morgan fingerprint density at radius 1 is 1.23 bits per heavy atom. The minimum atomic E-state index is 0.217. The lowest BCUT2D eigenvalue weighted by Crippen LogP contribution is -2.36. The molecule has 3 heteroatoms. The number of nitrogens with zero attached hydrogens (tertiary/aromatic N) is 1. The monoisotopic (exact) mass is 294 g/mol. The summed E-state index contributed by atoms with van der Waals surface area (Å²) in [7, 11) is 0. The Kier molecular flexibility index (Phi) is 3.59. The first-order valence-corrected chi connectivity index (χ1v) is 8.27. The van der Waals surface area contributed by atoms with E-state index in [1.807, 2.05) is 12.4 Å². The molecule has 3 atom stereocenters. The minimum absolute atomic E-state index is 0.217.